The summed E-state index contributed by atoms with van der Waals surface area (Å²) >= 11 is 0. The average Bonchev–Trinajstić information content (AvgIpc) is 2.48. The van der Waals surface area contributed by atoms with E-state index in [4.69, 9.17) is 4.74 Å². The number of nitriles is 1. The molecule has 0 aliphatic carbocycles. The molecule has 1 aromatic heterocycles. The number of hydrogen-bond acceptors (Lipinski definition) is 6. The molecule has 0 aliphatic rings. The maximum Gasteiger partial charge on any atom is 0.204 e. The molecule has 0 fully saturated rings. The highest BCUT2D eigenvalue weighted by Crippen LogP contribution is 2.32. The summed E-state index contributed by atoms with van der Waals surface area (Å²) < 4.78 is 5.37. The zero-order valence-corrected chi connectivity index (χ0v) is 12.3. The molecule has 0 unspecified atom stereocenters. The Bertz CT molecular complexity index is 678. The summed E-state index contributed by atoms with van der Waals surface area (Å²) in [7, 11) is 1.56. The van der Waals surface area contributed by atoms with Crippen molar-refractivity contribution in [2.75, 3.05) is 24.3 Å². The van der Waals surface area contributed by atoms with Gasteiger partial charge >= 0.3 is 0 Å². The van der Waals surface area contributed by atoms with Crippen LogP contribution in [-0.4, -0.2) is 23.6 Å². The predicted molar refractivity (Wildman–Crippen MR) is 81.9 cm³/mol. The molecule has 1 heterocycles. The zero-order chi connectivity index (χ0) is 15.2. The lowest BCUT2D eigenvalue weighted by Crippen LogP contribution is -2.06. The van der Waals surface area contributed by atoms with Gasteiger partial charge in [-0.2, -0.15) is 5.26 Å². The Labute approximate surface area is 123 Å². The van der Waals surface area contributed by atoms with Crippen LogP contribution in [-0.2, 0) is 0 Å². The largest absolute Gasteiger partial charge is 0.490 e. The van der Waals surface area contributed by atoms with Gasteiger partial charge in [-0.15, -0.1) is 0 Å². The molecule has 2 N–H and O–H groups in total. The number of hydrogen-bond donors (Lipinski definition) is 2. The molecule has 6 heteroatoms. The minimum absolute atomic E-state index is 0.518. The van der Waals surface area contributed by atoms with Crippen LogP contribution in [0.3, 0.4) is 0 Å². The van der Waals surface area contributed by atoms with Gasteiger partial charge in [0.1, 0.15) is 12.4 Å². The van der Waals surface area contributed by atoms with Gasteiger partial charge in [0, 0.05) is 6.54 Å². The van der Waals surface area contributed by atoms with Crippen molar-refractivity contribution in [1.82, 2.24) is 9.97 Å². The fourth-order valence-electron chi connectivity index (χ4n) is 2.00. The van der Waals surface area contributed by atoms with Crippen LogP contribution in [0.25, 0.3) is 0 Å². The Morgan fingerprint density at radius 3 is 2.71 bits per heavy atom. The summed E-state index contributed by atoms with van der Waals surface area (Å²) in [6, 6.07) is 7.81. The fraction of sp³-hybridized carbons (Fsp3) is 0.267. The number of benzene rings is 1. The number of anilines is 3. The van der Waals surface area contributed by atoms with Crippen molar-refractivity contribution in [3.8, 4) is 11.8 Å². The van der Waals surface area contributed by atoms with Crippen molar-refractivity contribution >= 4 is 17.3 Å². The second-order valence-corrected chi connectivity index (χ2v) is 4.37. The van der Waals surface area contributed by atoms with E-state index in [1.165, 1.54) is 6.33 Å². The molecule has 0 amide bonds. The normalized spacial score (nSPS) is 9.81. The first-order valence-corrected chi connectivity index (χ1v) is 6.60. The van der Waals surface area contributed by atoms with Gasteiger partial charge in [-0.25, -0.2) is 9.97 Å². The van der Waals surface area contributed by atoms with Crippen LogP contribution >= 0.6 is 0 Å². The van der Waals surface area contributed by atoms with Crippen LogP contribution in [0.1, 0.15) is 18.1 Å². The highest BCUT2D eigenvalue weighted by atomic mass is 16.5. The van der Waals surface area contributed by atoms with Gasteiger partial charge in [-0.3, -0.25) is 0 Å². The summed E-state index contributed by atoms with van der Waals surface area (Å²) in [5.74, 6) is 1.65. The number of methoxy groups -OCH3 is 1. The van der Waals surface area contributed by atoms with E-state index in [1.807, 2.05) is 32.0 Å². The van der Waals surface area contributed by atoms with Gasteiger partial charge in [0.25, 0.3) is 0 Å². The average molecular weight is 283 g/mol. The minimum Gasteiger partial charge on any atom is -0.490 e. The molecule has 2 aromatic rings. The summed E-state index contributed by atoms with van der Waals surface area (Å²) in [4.78, 5) is 8.35. The highest BCUT2D eigenvalue weighted by molar-refractivity contribution is 5.73. The van der Waals surface area contributed by atoms with E-state index in [2.05, 4.69) is 26.7 Å². The second-order valence-electron chi connectivity index (χ2n) is 4.37. The number of aryl methyl sites for hydroxylation is 1. The molecule has 0 spiro atoms. The van der Waals surface area contributed by atoms with Gasteiger partial charge in [-0.1, -0.05) is 12.1 Å². The number of rotatable bonds is 5. The van der Waals surface area contributed by atoms with Crippen molar-refractivity contribution in [3.63, 3.8) is 0 Å². The Morgan fingerprint density at radius 1 is 1.29 bits per heavy atom. The smallest absolute Gasteiger partial charge is 0.204 e. The van der Waals surface area contributed by atoms with Crippen molar-refractivity contribution in [3.05, 3.63) is 35.7 Å². The standard InChI is InChI=1S/C15H17N5O/c1-4-17-14-13(21-3)15(19-9-18-14)20-12-7-5-6-10(2)11(12)8-16/h5-7,9H,4H2,1-3H3,(H2,17,18,19,20). The Morgan fingerprint density at radius 2 is 2.05 bits per heavy atom. The molecule has 108 valence electrons. The number of ether oxygens (including phenoxy) is 1. The van der Waals surface area contributed by atoms with Gasteiger partial charge in [-0.05, 0) is 25.5 Å². The fourth-order valence-corrected chi connectivity index (χ4v) is 2.00. The minimum atomic E-state index is 0.518. The van der Waals surface area contributed by atoms with E-state index in [9.17, 15) is 5.26 Å². The lowest BCUT2D eigenvalue weighted by molar-refractivity contribution is 0.415. The van der Waals surface area contributed by atoms with Crippen LogP contribution in [0.2, 0.25) is 0 Å². The molecule has 1 aromatic carbocycles. The third-order valence-electron chi connectivity index (χ3n) is 2.99. The topological polar surface area (TPSA) is 82.9 Å². The van der Waals surface area contributed by atoms with Gasteiger partial charge < -0.3 is 15.4 Å². The predicted octanol–water partition coefficient (Wildman–Crippen LogP) is 2.84. The van der Waals surface area contributed by atoms with E-state index < -0.39 is 0 Å². The summed E-state index contributed by atoms with van der Waals surface area (Å²) in [5, 5.41) is 15.5. The molecule has 0 atom stereocenters. The van der Waals surface area contributed by atoms with Crippen LogP contribution in [0, 0.1) is 18.3 Å². The first kappa shape index (κ1) is 14.6. The third-order valence-corrected chi connectivity index (χ3v) is 2.99. The second kappa shape index (κ2) is 6.57. The molecule has 0 saturated heterocycles. The summed E-state index contributed by atoms with van der Waals surface area (Å²) in [5.41, 5.74) is 2.18. The van der Waals surface area contributed by atoms with E-state index in [1.54, 1.807) is 7.11 Å². The van der Waals surface area contributed by atoms with Crippen LogP contribution < -0.4 is 15.4 Å². The Kier molecular flexibility index (Phi) is 4.57. The SMILES string of the molecule is CCNc1ncnc(Nc2cccc(C)c2C#N)c1OC. The molecular formula is C15H17N5O. The quantitative estimate of drug-likeness (QED) is 0.878. The Hall–Kier alpha value is -2.81. The molecule has 2 rings (SSSR count). The highest BCUT2D eigenvalue weighted by Gasteiger charge is 2.13. The van der Waals surface area contributed by atoms with Crippen LogP contribution in [0.15, 0.2) is 24.5 Å². The van der Waals surface area contributed by atoms with Crippen molar-refractivity contribution in [2.45, 2.75) is 13.8 Å². The van der Waals surface area contributed by atoms with Crippen molar-refractivity contribution < 1.29 is 4.74 Å². The van der Waals surface area contributed by atoms with E-state index in [0.717, 1.165) is 12.1 Å². The van der Waals surface area contributed by atoms with Gasteiger partial charge in [0.2, 0.25) is 5.75 Å². The zero-order valence-electron chi connectivity index (χ0n) is 12.3. The van der Waals surface area contributed by atoms with E-state index in [0.29, 0.717) is 28.6 Å². The Balaban J connectivity index is 2.43. The van der Waals surface area contributed by atoms with Crippen LogP contribution in [0.5, 0.6) is 5.75 Å². The molecule has 0 bridgehead atoms. The maximum atomic E-state index is 9.28. The number of aromatic nitrogens is 2. The summed E-state index contributed by atoms with van der Waals surface area (Å²) in [6.45, 7) is 4.59. The molecular weight excluding hydrogens is 266 g/mol. The molecule has 0 saturated carbocycles. The van der Waals surface area contributed by atoms with Crippen molar-refractivity contribution in [2.24, 2.45) is 0 Å². The molecule has 21 heavy (non-hydrogen) atoms. The van der Waals surface area contributed by atoms with Gasteiger partial charge in [0.15, 0.2) is 11.6 Å². The maximum absolute atomic E-state index is 9.28. The number of nitrogens with one attached hydrogen (secondary N) is 2. The van der Waals surface area contributed by atoms with E-state index >= 15 is 0 Å². The van der Waals surface area contributed by atoms with E-state index in [-0.39, 0.29) is 0 Å². The summed E-state index contributed by atoms with van der Waals surface area (Å²) in [6.07, 6.45) is 1.45. The molecule has 0 aliphatic heterocycles. The lowest BCUT2D eigenvalue weighted by atomic mass is 10.1. The lowest BCUT2D eigenvalue weighted by Gasteiger charge is -2.14. The molecule has 0 radical (unpaired) electrons. The monoisotopic (exact) mass is 283 g/mol. The van der Waals surface area contributed by atoms with Gasteiger partial charge in [0.05, 0.1) is 18.4 Å². The first-order valence-electron chi connectivity index (χ1n) is 6.60. The molecule has 6 nitrogen and oxygen atoms in total. The van der Waals surface area contributed by atoms with Crippen molar-refractivity contribution in [1.29, 1.82) is 5.26 Å². The van der Waals surface area contributed by atoms with Crippen LogP contribution in [0.4, 0.5) is 17.3 Å². The number of nitrogens with zero attached hydrogens (tertiary/aromatic N) is 3. The first-order chi connectivity index (χ1) is 10.2. The third kappa shape index (κ3) is 3.03.